The van der Waals surface area contributed by atoms with Gasteiger partial charge in [-0.3, -0.25) is 14.6 Å². The lowest BCUT2D eigenvalue weighted by molar-refractivity contribution is 0.100. The van der Waals surface area contributed by atoms with Crippen LogP contribution in [0.1, 0.15) is 21.5 Å². The van der Waals surface area contributed by atoms with Crippen molar-refractivity contribution in [3.05, 3.63) is 102 Å². The van der Waals surface area contributed by atoms with Crippen LogP contribution in [-0.4, -0.2) is 54.3 Å². The molecule has 0 unspecified atom stereocenters. The average molecular weight is 443 g/mol. The topological polar surface area (TPSA) is 69.9 Å². The number of Topliss-reactive ketones (excluding diaryl/α,β-unsaturated/α-hetero) is 1. The highest BCUT2D eigenvalue weighted by Crippen LogP contribution is 2.20. The molecule has 0 saturated carbocycles. The van der Waals surface area contributed by atoms with Crippen molar-refractivity contribution in [1.82, 2.24) is 9.80 Å². The standard InChI is InChI=1S/C27H30N4O2/c28-19-26(32)24-13-11-23(12-14-24)21-31(25-9-5-2-6-10-25)27(33)30-17-15-29(16-18-30)20-22-7-3-1-4-8-22/h1-14H,15-21,28H2. The molecule has 0 spiro atoms. The summed E-state index contributed by atoms with van der Waals surface area (Å²) in [6.07, 6.45) is 0. The molecule has 0 aromatic heterocycles. The van der Waals surface area contributed by atoms with Crippen molar-refractivity contribution in [1.29, 1.82) is 0 Å². The SMILES string of the molecule is NCC(=O)c1ccc(CN(C(=O)N2CCN(Cc3ccccc3)CC2)c2ccccc2)cc1. The van der Waals surface area contributed by atoms with Crippen molar-refractivity contribution in [2.45, 2.75) is 13.1 Å². The van der Waals surface area contributed by atoms with Gasteiger partial charge in [0, 0.05) is 44.0 Å². The Balaban J connectivity index is 1.44. The molecule has 1 heterocycles. The molecule has 0 aliphatic carbocycles. The molecule has 0 atom stereocenters. The van der Waals surface area contributed by atoms with E-state index in [1.807, 2.05) is 58.3 Å². The monoisotopic (exact) mass is 442 g/mol. The van der Waals surface area contributed by atoms with Gasteiger partial charge < -0.3 is 10.6 Å². The number of rotatable bonds is 7. The highest BCUT2D eigenvalue weighted by Gasteiger charge is 2.26. The highest BCUT2D eigenvalue weighted by molar-refractivity contribution is 5.97. The van der Waals surface area contributed by atoms with Gasteiger partial charge in [0.1, 0.15) is 0 Å². The summed E-state index contributed by atoms with van der Waals surface area (Å²) < 4.78 is 0. The lowest BCUT2D eigenvalue weighted by Gasteiger charge is -2.37. The molecular weight excluding hydrogens is 412 g/mol. The van der Waals surface area contributed by atoms with Gasteiger partial charge in [-0.15, -0.1) is 0 Å². The lowest BCUT2D eigenvalue weighted by Crippen LogP contribution is -2.52. The zero-order valence-electron chi connectivity index (χ0n) is 18.8. The second-order valence-corrected chi connectivity index (χ2v) is 8.28. The van der Waals surface area contributed by atoms with Crippen molar-refractivity contribution >= 4 is 17.5 Å². The first-order chi connectivity index (χ1) is 16.1. The van der Waals surface area contributed by atoms with Crippen LogP contribution in [0.5, 0.6) is 0 Å². The van der Waals surface area contributed by atoms with Crippen molar-refractivity contribution in [3.63, 3.8) is 0 Å². The van der Waals surface area contributed by atoms with Crippen LogP contribution >= 0.6 is 0 Å². The number of hydrogen-bond acceptors (Lipinski definition) is 4. The van der Waals surface area contributed by atoms with E-state index in [2.05, 4.69) is 29.2 Å². The van der Waals surface area contributed by atoms with Gasteiger partial charge in [-0.05, 0) is 23.3 Å². The number of piperazine rings is 1. The summed E-state index contributed by atoms with van der Waals surface area (Å²) in [7, 11) is 0. The molecule has 0 radical (unpaired) electrons. The Morgan fingerprint density at radius 1 is 0.758 bits per heavy atom. The quantitative estimate of drug-likeness (QED) is 0.566. The number of carbonyl (C=O) groups is 2. The molecule has 2 amide bonds. The minimum absolute atomic E-state index is 0.00247. The highest BCUT2D eigenvalue weighted by atomic mass is 16.2. The number of anilines is 1. The van der Waals surface area contributed by atoms with Gasteiger partial charge in [-0.25, -0.2) is 4.79 Å². The first kappa shape index (κ1) is 22.7. The fourth-order valence-corrected chi connectivity index (χ4v) is 4.08. The number of hydrogen-bond donors (Lipinski definition) is 1. The predicted molar refractivity (Wildman–Crippen MR) is 131 cm³/mol. The summed E-state index contributed by atoms with van der Waals surface area (Å²) in [6, 6.07) is 27.5. The average Bonchev–Trinajstić information content (AvgIpc) is 2.88. The van der Waals surface area contributed by atoms with Crippen molar-refractivity contribution in [2.24, 2.45) is 5.73 Å². The largest absolute Gasteiger partial charge is 0.324 e. The number of ketones is 1. The fourth-order valence-electron chi connectivity index (χ4n) is 4.08. The molecule has 33 heavy (non-hydrogen) atoms. The molecule has 3 aromatic carbocycles. The van der Waals surface area contributed by atoms with Gasteiger partial charge in [-0.2, -0.15) is 0 Å². The van der Waals surface area contributed by atoms with Gasteiger partial charge in [0.15, 0.2) is 5.78 Å². The van der Waals surface area contributed by atoms with E-state index >= 15 is 0 Å². The fraction of sp³-hybridized carbons (Fsp3) is 0.259. The molecule has 1 aliphatic rings. The molecule has 1 fully saturated rings. The van der Waals surface area contributed by atoms with E-state index in [9.17, 15) is 9.59 Å². The third-order valence-electron chi connectivity index (χ3n) is 5.99. The molecule has 6 nitrogen and oxygen atoms in total. The van der Waals surface area contributed by atoms with Crippen molar-refractivity contribution < 1.29 is 9.59 Å². The van der Waals surface area contributed by atoms with Gasteiger partial charge in [0.05, 0.1) is 13.1 Å². The Morgan fingerprint density at radius 3 is 1.97 bits per heavy atom. The molecule has 0 bridgehead atoms. The van der Waals surface area contributed by atoms with Crippen LogP contribution in [0.25, 0.3) is 0 Å². The van der Waals surface area contributed by atoms with Gasteiger partial charge >= 0.3 is 6.03 Å². The maximum Gasteiger partial charge on any atom is 0.324 e. The molecule has 3 aromatic rings. The predicted octanol–water partition coefficient (Wildman–Crippen LogP) is 3.77. The molecule has 170 valence electrons. The number of amides is 2. The van der Waals surface area contributed by atoms with Crippen LogP contribution < -0.4 is 10.6 Å². The summed E-state index contributed by atoms with van der Waals surface area (Å²) in [5.74, 6) is -0.0917. The van der Waals surface area contributed by atoms with Crippen LogP contribution in [0.4, 0.5) is 10.5 Å². The van der Waals surface area contributed by atoms with Crippen LogP contribution in [0.3, 0.4) is 0 Å². The van der Waals surface area contributed by atoms with Crippen LogP contribution in [0, 0.1) is 0 Å². The van der Waals surface area contributed by atoms with E-state index in [-0.39, 0.29) is 18.4 Å². The summed E-state index contributed by atoms with van der Waals surface area (Å²) in [6.45, 7) is 4.41. The third-order valence-corrected chi connectivity index (χ3v) is 5.99. The molecule has 6 heteroatoms. The Labute approximate surface area is 195 Å². The van der Waals surface area contributed by atoms with Crippen LogP contribution in [-0.2, 0) is 13.1 Å². The van der Waals surface area contributed by atoms with Gasteiger partial charge in [-0.1, -0.05) is 72.8 Å². The summed E-state index contributed by atoms with van der Waals surface area (Å²) >= 11 is 0. The normalized spacial score (nSPS) is 14.2. The Bertz CT molecular complexity index is 1050. The molecule has 2 N–H and O–H groups in total. The number of carbonyl (C=O) groups excluding carboxylic acids is 2. The van der Waals surface area contributed by atoms with Crippen LogP contribution in [0.2, 0.25) is 0 Å². The Morgan fingerprint density at radius 2 is 1.36 bits per heavy atom. The lowest BCUT2D eigenvalue weighted by atomic mass is 10.1. The van der Waals surface area contributed by atoms with E-state index in [1.165, 1.54) is 5.56 Å². The van der Waals surface area contributed by atoms with E-state index in [1.54, 1.807) is 12.1 Å². The number of nitrogens with two attached hydrogens (primary N) is 1. The molecular formula is C27H30N4O2. The second-order valence-electron chi connectivity index (χ2n) is 8.28. The zero-order valence-corrected chi connectivity index (χ0v) is 18.8. The Kier molecular flexibility index (Phi) is 7.50. The molecule has 1 saturated heterocycles. The Hall–Kier alpha value is -3.48. The summed E-state index contributed by atoms with van der Waals surface area (Å²) in [5, 5.41) is 0. The maximum absolute atomic E-state index is 13.6. The number of urea groups is 1. The number of benzene rings is 3. The first-order valence-electron chi connectivity index (χ1n) is 11.3. The first-order valence-corrected chi connectivity index (χ1v) is 11.3. The van der Waals surface area contributed by atoms with Crippen molar-refractivity contribution in [2.75, 3.05) is 37.6 Å². The molecule has 4 rings (SSSR count). The van der Waals surface area contributed by atoms with Gasteiger partial charge in [0.2, 0.25) is 0 Å². The third kappa shape index (κ3) is 5.86. The molecule has 1 aliphatic heterocycles. The summed E-state index contributed by atoms with van der Waals surface area (Å²) in [4.78, 5) is 31.5. The van der Waals surface area contributed by atoms with Crippen molar-refractivity contribution in [3.8, 4) is 0 Å². The van der Waals surface area contributed by atoms with E-state index < -0.39 is 0 Å². The van der Waals surface area contributed by atoms with Gasteiger partial charge in [0.25, 0.3) is 0 Å². The minimum Gasteiger partial charge on any atom is -0.324 e. The number of nitrogens with zero attached hydrogens (tertiary/aromatic N) is 3. The zero-order chi connectivity index (χ0) is 23.0. The maximum atomic E-state index is 13.6. The van der Waals surface area contributed by atoms with E-state index in [4.69, 9.17) is 5.73 Å². The van der Waals surface area contributed by atoms with Crippen LogP contribution in [0.15, 0.2) is 84.9 Å². The van der Waals surface area contributed by atoms with E-state index in [0.717, 1.165) is 30.9 Å². The number of para-hydroxylation sites is 1. The summed E-state index contributed by atoms with van der Waals surface area (Å²) in [5.41, 5.74) is 9.16. The van der Waals surface area contributed by atoms with E-state index in [0.29, 0.717) is 25.2 Å². The second kappa shape index (κ2) is 10.9. The minimum atomic E-state index is -0.0917. The smallest absolute Gasteiger partial charge is 0.324 e.